The molecule has 1 unspecified atom stereocenters. The molecule has 1 atom stereocenters. The predicted molar refractivity (Wildman–Crippen MR) is 69.8 cm³/mol. The lowest BCUT2D eigenvalue weighted by molar-refractivity contribution is -0.390. The van der Waals surface area contributed by atoms with E-state index in [0.717, 1.165) is 0 Å². The highest BCUT2D eigenvalue weighted by Crippen LogP contribution is 2.24. The van der Waals surface area contributed by atoms with Gasteiger partial charge in [0.2, 0.25) is 14.8 Å². The highest BCUT2D eigenvalue weighted by atomic mass is 35.7. The van der Waals surface area contributed by atoms with Gasteiger partial charge in [0.1, 0.15) is 6.20 Å². The van der Waals surface area contributed by atoms with Crippen molar-refractivity contribution in [3.8, 4) is 5.75 Å². The van der Waals surface area contributed by atoms with Crippen LogP contribution in [0.5, 0.6) is 5.75 Å². The van der Waals surface area contributed by atoms with Gasteiger partial charge in [0.15, 0.2) is 0 Å². The van der Waals surface area contributed by atoms with E-state index < -0.39 is 19.8 Å². The van der Waals surface area contributed by atoms with Crippen molar-refractivity contribution in [3.63, 3.8) is 0 Å². The molecular formula is C10H13ClN2O5S. The van der Waals surface area contributed by atoms with Crippen LogP contribution in [-0.2, 0) is 9.05 Å². The molecule has 1 rings (SSSR count). The van der Waals surface area contributed by atoms with E-state index in [-0.39, 0.29) is 24.0 Å². The van der Waals surface area contributed by atoms with E-state index in [0.29, 0.717) is 6.42 Å². The van der Waals surface area contributed by atoms with Crippen molar-refractivity contribution in [1.29, 1.82) is 0 Å². The largest absolute Gasteiger partial charge is 0.485 e. The van der Waals surface area contributed by atoms with Gasteiger partial charge in [0.05, 0.1) is 12.4 Å². The first-order chi connectivity index (χ1) is 8.83. The number of halogens is 1. The third-order valence-corrected chi connectivity index (χ3v) is 3.66. The second kappa shape index (κ2) is 6.67. The van der Waals surface area contributed by atoms with E-state index in [2.05, 4.69) is 4.98 Å². The maximum Gasteiger partial charge on any atom is 0.406 e. The molecule has 1 aromatic rings. The summed E-state index contributed by atoms with van der Waals surface area (Å²) in [5, 5.41) is 10.7. The van der Waals surface area contributed by atoms with E-state index in [4.69, 9.17) is 15.4 Å². The summed E-state index contributed by atoms with van der Waals surface area (Å²) < 4.78 is 27.2. The number of hydrogen-bond donors (Lipinski definition) is 0. The Bertz CT molecular complexity index is 549. The summed E-state index contributed by atoms with van der Waals surface area (Å²) in [4.78, 5) is 13.6. The topological polar surface area (TPSA) is 99.4 Å². The predicted octanol–water partition coefficient (Wildman–Crippen LogP) is 1.96. The lowest BCUT2D eigenvalue weighted by Gasteiger charge is -2.13. The molecule has 0 aliphatic rings. The van der Waals surface area contributed by atoms with Crippen molar-refractivity contribution in [2.45, 2.75) is 13.3 Å². The SMILES string of the molecule is CCC(COc1cccnc1[N+](=O)[O-])CS(=O)(=O)Cl. The Hall–Kier alpha value is -1.41. The van der Waals surface area contributed by atoms with Gasteiger partial charge in [0.25, 0.3) is 0 Å². The number of rotatable bonds is 7. The van der Waals surface area contributed by atoms with Crippen molar-refractivity contribution < 1.29 is 18.1 Å². The van der Waals surface area contributed by atoms with E-state index in [1.165, 1.54) is 18.3 Å². The molecule has 0 fully saturated rings. The van der Waals surface area contributed by atoms with Crippen LogP contribution in [0.3, 0.4) is 0 Å². The van der Waals surface area contributed by atoms with E-state index in [1.54, 1.807) is 6.92 Å². The van der Waals surface area contributed by atoms with Crippen LogP contribution in [0.1, 0.15) is 13.3 Å². The number of nitrogens with zero attached hydrogens (tertiary/aromatic N) is 2. The normalized spacial score (nSPS) is 12.9. The molecular weight excluding hydrogens is 296 g/mol. The molecule has 0 radical (unpaired) electrons. The second-order valence-electron chi connectivity index (χ2n) is 3.87. The highest BCUT2D eigenvalue weighted by Gasteiger charge is 2.20. The van der Waals surface area contributed by atoms with Gasteiger partial charge < -0.3 is 14.9 Å². The molecule has 0 N–H and O–H groups in total. The Morgan fingerprint density at radius 3 is 2.79 bits per heavy atom. The minimum atomic E-state index is -3.62. The third-order valence-electron chi connectivity index (χ3n) is 2.41. The van der Waals surface area contributed by atoms with Crippen LogP contribution in [0.2, 0.25) is 0 Å². The van der Waals surface area contributed by atoms with Crippen molar-refractivity contribution in [3.05, 3.63) is 28.4 Å². The molecule has 0 aromatic carbocycles. The van der Waals surface area contributed by atoms with Crippen molar-refractivity contribution in [2.75, 3.05) is 12.4 Å². The molecule has 0 aliphatic heterocycles. The Morgan fingerprint density at radius 2 is 2.26 bits per heavy atom. The summed E-state index contributed by atoms with van der Waals surface area (Å²) in [5.74, 6) is -0.953. The van der Waals surface area contributed by atoms with Crippen LogP contribution in [0.4, 0.5) is 5.82 Å². The molecule has 1 aromatic heterocycles. The Balaban J connectivity index is 2.73. The Labute approximate surface area is 115 Å². The van der Waals surface area contributed by atoms with Crippen molar-refractivity contribution in [1.82, 2.24) is 4.98 Å². The number of aromatic nitrogens is 1. The van der Waals surface area contributed by atoms with Crippen molar-refractivity contribution >= 4 is 25.6 Å². The molecule has 0 spiro atoms. The zero-order chi connectivity index (χ0) is 14.5. The van der Waals surface area contributed by atoms with Crippen LogP contribution >= 0.6 is 10.7 Å². The Kier molecular flexibility index (Phi) is 5.49. The van der Waals surface area contributed by atoms with Gasteiger partial charge >= 0.3 is 5.82 Å². The average Bonchev–Trinajstić information content (AvgIpc) is 2.33. The highest BCUT2D eigenvalue weighted by molar-refractivity contribution is 8.13. The number of hydrogen-bond acceptors (Lipinski definition) is 6. The monoisotopic (exact) mass is 308 g/mol. The summed E-state index contributed by atoms with van der Waals surface area (Å²) in [6.07, 6.45) is 1.81. The second-order valence-corrected chi connectivity index (χ2v) is 6.69. The first-order valence-electron chi connectivity index (χ1n) is 5.48. The summed E-state index contributed by atoms with van der Waals surface area (Å²) >= 11 is 0. The van der Waals surface area contributed by atoms with E-state index >= 15 is 0 Å². The molecule has 0 aliphatic carbocycles. The zero-order valence-electron chi connectivity index (χ0n) is 10.2. The lowest BCUT2D eigenvalue weighted by Crippen LogP contribution is -2.19. The fraction of sp³-hybridized carbons (Fsp3) is 0.500. The van der Waals surface area contributed by atoms with Gasteiger partial charge in [-0.25, -0.2) is 8.42 Å². The first kappa shape index (κ1) is 15.6. The minimum absolute atomic E-state index is 0.0120. The van der Waals surface area contributed by atoms with Gasteiger partial charge in [0, 0.05) is 16.6 Å². The number of pyridine rings is 1. The minimum Gasteiger partial charge on any atom is -0.485 e. The average molecular weight is 309 g/mol. The van der Waals surface area contributed by atoms with Gasteiger partial charge in [-0.1, -0.05) is 6.92 Å². The summed E-state index contributed by atoms with van der Waals surface area (Å²) in [6.45, 7) is 1.81. The van der Waals surface area contributed by atoms with Crippen molar-refractivity contribution in [2.24, 2.45) is 5.92 Å². The standard InChI is InChI=1S/C10H13ClN2O5S/c1-2-8(7-19(11,16)17)6-18-9-4-3-5-12-10(9)13(14)15/h3-5,8H,2,6-7H2,1H3. The molecule has 7 nitrogen and oxygen atoms in total. The fourth-order valence-corrected chi connectivity index (χ4v) is 2.83. The van der Waals surface area contributed by atoms with Crippen LogP contribution in [0, 0.1) is 16.0 Å². The first-order valence-corrected chi connectivity index (χ1v) is 7.96. The number of nitro groups is 1. The fourth-order valence-electron chi connectivity index (χ4n) is 1.40. The molecule has 1 heterocycles. The quantitative estimate of drug-likeness (QED) is 0.434. The van der Waals surface area contributed by atoms with Crippen LogP contribution in [0.15, 0.2) is 18.3 Å². The molecule has 19 heavy (non-hydrogen) atoms. The van der Waals surface area contributed by atoms with Crippen LogP contribution in [0.25, 0.3) is 0 Å². The summed E-state index contributed by atoms with van der Waals surface area (Å²) in [5.41, 5.74) is 0. The van der Waals surface area contributed by atoms with Gasteiger partial charge in [-0.15, -0.1) is 0 Å². The van der Waals surface area contributed by atoms with E-state index in [9.17, 15) is 18.5 Å². The Morgan fingerprint density at radius 1 is 1.58 bits per heavy atom. The molecule has 9 heteroatoms. The molecule has 0 saturated carbocycles. The third kappa shape index (κ3) is 5.39. The summed E-state index contributed by atoms with van der Waals surface area (Å²) in [7, 11) is 1.54. The number of ether oxygens (including phenoxy) is 1. The van der Waals surface area contributed by atoms with E-state index in [1.807, 2.05) is 0 Å². The van der Waals surface area contributed by atoms with Crippen LogP contribution in [-0.4, -0.2) is 30.7 Å². The van der Waals surface area contributed by atoms with Crippen LogP contribution < -0.4 is 4.74 Å². The maximum atomic E-state index is 11.0. The molecule has 106 valence electrons. The zero-order valence-corrected chi connectivity index (χ0v) is 11.7. The lowest BCUT2D eigenvalue weighted by atomic mass is 10.1. The summed E-state index contributed by atoms with van der Waals surface area (Å²) in [6, 6.07) is 2.91. The molecule has 0 bridgehead atoms. The maximum absolute atomic E-state index is 11.0. The smallest absolute Gasteiger partial charge is 0.406 e. The molecule has 0 amide bonds. The van der Waals surface area contributed by atoms with Gasteiger partial charge in [-0.2, -0.15) is 0 Å². The molecule has 0 saturated heterocycles. The van der Waals surface area contributed by atoms with Gasteiger partial charge in [-0.05, 0) is 28.5 Å². The van der Waals surface area contributed by atoms with Gasteiger partial charge in [-0.3, -0.25) is 0 Å².